The highest BCUT2D eigenvalue weighted by Gasteiger charge is 2.26. The number of hydrogen-bond acceptors (Lipinski definition) is 5. The van der Waals surface area contributed by atoms with Crippen LogP contribution in [0.4, 0.5) is 0 Å². The van der Waals surface area contributed by atoms with Gasteiger partial charge in [0.2, 0.25) is 0 Å². The molecule has 0 saturated heterocycles. The van der Waals surface area contributed by atoms with Crippen LogP contribution in [0.5, 0.6) is 0 Å². The van der Waals surface area contributed by atoms with Gasteiger partial charge >= 0.3 is 5.97 Å². The first kappa shape index (κ1) is 14.0. The van der Waals surface area contributed by atoms with Crippen LogP contribution >= 0.6 is 0 Å². The van der Waals surface area contributed by atoms with Crippen molar-refractivity contribution in [2.75, 3.05) is 7.11 Å². The van der Waals surface area contributed by atoms with Crippen LogP contribution in [0.25, 0.3) is 0 Å². The van der Waals surface area contributed by atoms with Crippen molar-refractivity contribution >= 4 is 5.97 Å². The Morgan fingerprint density at radius 1 is 1.26 bits per heavy atom. The highest BCUT2D eigenvalue weighted by Crippen LogP contribution is 2.36. The van der Waals surface area contributed by atoms with Crippen molar-refractivity contribution in [2.45, 2.75) is 37.4 Å². The molecule has 0 aromatic heterocycles. The highest BCUT2D eigenvalue weighted by atomic mass is 16.5. The Morgan fingerprint density at radius 3 is 2.42 bits per heavy atom. The van der Waals surface area contributed by atoms with Crippen molar-refractivity contribution in [3.05, 3.63) is 34.9 Å². The van der Waals surface area contributed by atoms with Crippen LogP contribution in [0.3, 0.4) is 0 Å². The van der Waals surface area contributed by atoms with Gasteiger partial charge in [0.25, 0.3) is 0 Å². The first-order valence-electron chi connectivity index (χ1n) is 6.53. The molecule has 0 heterocycles. The number of carbonyl (C=O) groups excluding carboxylic acids is 1. The van der Waals surface area contributed by atoms with E-state index in [1.165, 1.54) is 20.0 Å². The Bertz CT molecular complexity index is 474. The molecule has 0 radical (unpaired) electrons. The van der Waals surface area contributed by atoms with Gasteiger partial charge in [0.1, 0.15) is 5.79 Å². The zero-order valence-corrected chi connectivity index (χ0v) is 11.2. The number of rotatable bonds is 3. The molecule has 1 aliphatic carbocycles. The Morgan fingerprint density at radius 2 is 1.89 bits per heavy atom. The molecule has 0 bridgehead atoms. The number of hydrogen-bond donors (Lipinski definition) is 3. The smallest absolute Gasteiger partial charge is 0.338 e. The molecule has 0 unspecified atom stereocenters. The van der Waals surface area contributed by atoms with E-state index in [9.17, 15) is 4.79 Å². The maximum absolute atomic E-state index is 11.8. The molecule has 1 fully saturated rings. The third-order valence-electron chi connectivity index (χ3n) is 3.75. The summed E-state index contributed by atoms with van der Waals surface area (Å²) < 4.78 is 4.83. The first-order valence-corrected chi connectivity index (χ1v) is 6.53. The predicted octanol–water partition coefficient (Wildman–Crippen LogP) is 1.12. The molecule has 0 aliphatic heterocycles. The Balaban J connectivity index is 2.46. The number of esters is 1. The van der Waals surface area contributed by atoms with Crippen LogP contribution in [0.2, 0.25) is 0 Å². The lowest BCUT2D eigenvalue weighted by molar-refractivity contribution is 0.0599. The van der Waals surface area contributed by atoms with E-state index in [0.29, 0.717) is 17.0 Å². The van der Waals surface area contributed by atoms with Crippen molar-refractivity contribution < 1.29 is 9.53 Å². The molecule has 104 valence electrons. The topological polar surface area (TPSA) is 104 Å². The van der Waals surface area contributed by atoms with Crippen molar-refractivity contribution in [3.63, 3.8) is 0 Å². The van der Waals surface area contributed by atoms with E-state index < -0.39 is 5.79 Å². The molecule has 5 nitrogen and oxygen atoms in total. The summed E-state index contributed by atoms with van der Waals surface area (Å²) in [5.74, 6) is -1.36. The molecule has 0 spiro atoms. The van der Waals surface area contributed by atoms with E-state index in [1.54, 1.807) is 12.1 Å². The summed E-state index contributed by atoms with van der Waals surface area (Å²) in [6, 6.07) is 5.24. The van der Waals surface area contributed by atoms with Gasteiger partial charge in [0.05, 0.1) is 12.7 Å². The largest absolute Gasteiger partial charge is 0.465 e. The lowest BCUT2D eigenvalue weighted by Crippen LogP contribution is -2.54. The van der Waals surface area contributed by atoms with Crippen LogP contribution in [0.1, 0.15) is 53.1 Å². The third kappa shape index (κ3) is 2.94. The number of nitrogens with two attached hydrogens (primary N) is 3. The Hall–Kier alpha value is -1.43. The number of carbonyl (C=O) groups is 1. The van der Waals surface area contributed by atoms with Gasteiger partial charge in [-0.3, -0.25) is 17.2 Å². The minimum absolute atomic E-state index is 0.329. The molecule has 1 saturated carbocycles. The third-order valence-corrected chi connectivity index (χ3v) is 3.75. The fourth-order valence-electron chi connectivity index (χ4n) is 2.70. The lowest BCUT2D eigenvalue weighted by atomic mass is 9.90. The highest BCUT2D eigenvalue weighted by molar-refractivity contribution is 5.91. The van der Waals surface area contributed by atoms with E-state index >= 15 is 0 Å². The van der Waals surface area contributed by atoms with Gasteiger partial charge in [0, 0.05) is 5.56 Å². The normalized spacial score (nSPS) is 16.6. The molecule has 6 N–H and O–H groups in total. The quantitative estimate of drug-likeness (QED) is 0.560. The number of benzene rings is 1. The van der Waals surface area contributed by atoms with E-state index in [0.717, 1.165) is 18.4 Å². The summed E-state index contributed by atoms with van der Waals surface area (Å²) >= 11 is 0. The molecular formula is C14H21N3O2. The average molecular weight is 263 g/mol. The van der Waals surface area contributed by atoms with Gasteiger partial charge in [-0.2, -0.15) is 0 Å². The zero-order chi connectivity index (χ0) is 14.0. The average Bonchev–Trinajstić information content (AvgIpc) is 2.89. The molecule has 1 aromatic rings. The number of methoxy groups -OCH3 is 1. The van der Waals surface area contributed by atoms with Gasteiger partial charge in [-0.1, -0.05) is 25.0 Å². The second-order valence-corrected chi connectivity index (χ2v) is 5.21. The van der Waals surface area contributed by atoms with Crippen molar-refractivity contribution in [1.29, 1.82) is 0 Å². The molecule has 19 heavy (non-hydrogen) atoms. The summed E-state index contributed by atoms with van der Waals surface area (Å²) in [6.45, 7) is 0. The standard InChI is InChI=1S/C14H21N3O2/c1-19-13(18)11-7-6-10(14(15,16)17)8-12(11)9-4-2-3-5-9/h6-9H,2-5,15-17H2,1H3. The van der Waals surface area contributed by atoms with E-state index in [1.807, 2.05) is 6.07 Å². The second-order valence-electron chi connectivity index (χ2n) is 5.21. The molecule has 2 rings (SSSR count). The van der Waals surface area contributed by atoms with Crippen LogP contribution in [0.15, 0.2) is 18.2 Å². The van der Waals surface area contributed by atoms with E-state index in [2.05, 4.69) is 0 Å². The summed E-state index contributed by atoms with van der Waals surface area (Å²) in [5.41, 5.74) is 19.3. The monoisotopic (exact) mass is 263 g/mol. The maximum Gasteiger partial charge on any atom is 0.338 e. The van der Waals surface area contributed by atoms with Crippen LogP contribution in [-0.2, 0) is 10.5 Å². The molecule has 1 aliphatic rings. The van der Waals surface area contributed by atoms with Gasteiger partial charge < -0.3 is 4.74 Å². The summed E-state index contributed by atoms with van der Waals surface area (Å²) in [5, 5.41) is 0. The second kappa shape index (κ2) is 5.28. The van der Waals surface area contributed by atoms with Crippen LogP contribution in [-0.4, -0.2) is 13.1 Å². The molecule has 0 amide bonds. The summed E-state index contributed by atoms with van der Waals surface area (Å²) in [6.07, 6.45) is 4.49. The number of ether oxygens (including phenoxy) is 1. The lowest BCUT2D eigenvalue weighted by Gasteiger charge is -2.22. The Kier molecular flexibility index (Phi) is 3.89. The van der Waals surface area contributed by atoms with Gasteiger partial charge in [-0.25, -0.2) is 4.79 Å². The van der Waals surface area contributed by atoms with E-state index in [4.69, 9.17) is 21.9 Å². The molecule has 0 atom stereocenters. The van der Waals surface area contributed by atoms with Crippen molar-refractivity contribution in [2.24, 2.45) is 17.2 Å². The predicted molar refractivity (Wildman–Crippen MR) is 73.2 cm³/mol. The van der Waals surface area contributed by atoms with Crippen LogP contribution < -0.4 is 17.2 Å². The first-order chi connectivity index (χ1) is 8.93. The van der Waals surface area contributed by atoms with E-state index in [-0.39, 0.29) is 5.97 Å². The van der Waals surface area contributed by atoms with Gasteiger partial charge in [0.15, 0.2) is 0 Å². The van der Waals surface area contributed by atoms with Crippen LogP contribution in [0, 0.1) is 0 Å². The summed E-state index contributed by atoms with van der Waals surface area (Å²) in [4.78, 5) is 11.8. The van der Waals surface area contributed by atoms with Gasteiger partial charge in [-0.05, 0) is 30.4 Å². The minimum atomic E-state index is -1.39. The minimum Gasteiger partial charge on any atom is -0.465 e. The SMILES string of the molecule is COC(=O)c1ccc(C(N)(N)N)cc1C1CCCC1. The maximum atomic E-state index is 11.8. The fraction of sp³-hybridized carbons (Fsp3) is 0.500. The fourth-order valence-corrected chi connectivity index (χ4v) is 2.70. The summed E-state index contributed by atoms with van der Waals surface area (Å²) in [7, 11) is 1.38. The van der Waals surface area contributed by atoms with Gasteiger partial charge in [-0.15, -0.1) is 0 Å². The van der Waals surface area contributed by atoms with Crippen molar-refractivity contribution in [3.8, 4) is 0 Å². The molecule has 5 heteroatoms. The zero-order valence-electron chi connectivity index (χ0n) is 11.2. The Labute approximate surface area is 113 Å². The molecule has 1 aromatic carbocycles. The molecular weight excluding hydrogens is 242 g/mol. The van der Waals surface area contributed by atoms with Crippen molar-refractivity contribution in [1.82, 2.24) is 0 Å².